The summed E-state index contributed by atoms with van der Waals surface area (Å²) in [5.41, 5.74) is 0.811. The smallest absolute Gasteiger partial charge is 0.322 e. The number of hydrogen-bond acceptors (Lipinski definition) is 6. The largest absolute Gasteiger partial charge is 0.494 e. The molecule has 2 heterocycles. The average molecular weight is 412 g/mol. The Balaban J connectivity index is 1.32. The Morgan fingerprint density at radius 3 is 2.73 bits per heavy atom. The Morgan fingerprint density at radius 2 is 2.00 bits per heavy atom. The molecule has 1 N–H and O–H groups in total. The molecule has 4 rings (SSSR count). The van der Waals surface area contributed by atoms with E-state index in [0.29, 0.717) is 37.8 Å². The van der Waals surface area contributed by atoms with Crippen molar-refractivity contribution in [1.82, 2.24) is 10.2 Å². The molecule has 2 amide bonds. The van der Waals surface area contributed by atoms with Gasteiger partial charge in [-0.15, -0.1) is 5.10 Å². The summed E-state index contributed by atoms with van der Waals surface area (Å²) in [5.74, 6) is 1.52. The maximum atomic E-state index is 12.5. The van der Waals surface area contributed by atoms with E-state index in [2.05, 4.69) is 15.5 Å². The second-order valence-electron chi connectivity index (χ2n) is 8.02. The highest BCUT2D eigenvalue weighted by atomic mass is 16.5. The quantitative estimate of drug-likeness (QED) is 0.706. The Hall–Kier alpha value is -2.90. The third-order valence-corrected chi connectivity index (χ3v) is 5.88. The van der Waals surface area contributed by atoms with Crippen molar-refractivity contribution in [2.45, 2.75) is 57.8 Å². The molecule has 8 heteroatoms. The molecule has 1 aliphatic heterocycles. The second-order valence-corrected chi connectivity index (χ2v) is 8.02. The van der Waals surface area contributed by atoms with E-state index >= 15 is 0 Å². The van der Waals surface area contributed by atoms with E-state index < -0.39 is 0 Å². The van der Waals surface area contributed by atoms with Gasteiger partial charge in [0, 0.05) is 25.1 Å². The molecule has 2 fully saturated rings. The molecular weight excluding hydrogens is 384 g/mol. The first kappa shape index (κ1) is 20.4. The number of carbonyl (C=O) groups excluding carboxylic acids is 2. The van der Waals surface area contributed by atoms with Gasteiger partial charge in [0.05, 0.1) is 12.5 Å². The molecule has 8 nitrogen and oxygen atoms in total. The van der Waals surface area contributed by atoms with Gasteiger partial charge in [-0.05, 0) is 43.5 Å². The van der Waals surface area contributed by atoms with Gasteiger partial charge in [0.1, 0.15) is 5.75 Å². The van der Waals surface area contributed by atoms with Crippen LogP contribution in [0.25, 0.3) is 0 Å². The molecule has 0 spiro atoms. The van der Waals surface area contributed by atoms with Crippen LogP contribution in [-0.2, 0) is 9.59 Å². The van der Waals surface area contributed by atoms with Gasteiger partial charge in [-0.2, -0.15) is 0 Å². The second kappa shape index (κ2) is 9.28. The van der Waals surface area contributed by atoms with Crippen LogP contribution in [0.1, 0.15) is 63.7 Å². The maximum absolute atomic E-state index is 12.5. The number of nitrogens with one attached hydrogen (secondary N) is 1. The zero-order valence-corrected chi connectivity index (χ0v) is 17.3. The zero-order valence-electron chi connectivity index (χ0n) is 17.3. The van der Waals surface area contributed by atoms with Gasteiger partial charge in [-0.1, -0.05) is 30.8 Å². The van der Waals surface area contributed by atoms with Gasteiger partial charge >= 0.3 is 6.01 Å². The molecule has 1 saturated heterocycles. The lowest BCUT2D eigenvalue weighted by atomic mass is 10.0. The molecule has 160 valence electrons. The molecule has 2 aliphatic rings. The van der Waals surface area contributed by atoms with E-state index in [-0.39, 0.29) is 23.7 Å². The highest BCUT2D eigenvalue weighted by molar-refractivity contribution is 5.96. The van der Waals surface area contributed by atoms with E-state index in [1.54, 1.807) is 4.90 Å². The summed E-state index contributed by atoms with van der Waals surface area (Å²) in [5, 5.41) is 10.7. The zero-order chi connectivity index (χ0) is 20.9. The summed E-state index contributed by atoms with van der Waals surface area (Å²) < 4.78 is 11.1. The molecular formula is C22H28N4O4. The normalized spacial score (nSPS) is 19.4. The number of rotatable bonds is 8. The van der Waals surface area contributed by atoms with Crippen LogP contribution in [0, 0.1) is 5.92 Å². The molecule has 1 atom stereocenters. The number of hydrogen-bond donors (Lipinski definition) is 1. The summed E-state index contributed by atoms with van der Waals surface area (Å²) >= 11 is 0. The van der Waals surface area contributed by atoms with Crippen molar-refractivity contribution >= 4 is 23.5 Å². The standard InChI is InChI=1S/C22H28N4O4/c1-2-29-18-10-8-17(9-11-18)26-14-16(13-20(26)28)21-24-25-22(30-21)23-19(27)12-7-15-5-3-4-6-15/h8-11,15-16H,2-7,12-14H2,1H3,(H,23,25,27)/t16-/m0/s1. The number of benzene rings is 1. The number of nitrogens with zero attached hydrogens (tertiary/aromatic N) is 3. The Morgan fingerprint density at radius 1 is 1.23 bits per heavy atom. The minimum atomic E-state index is -0.194. The summed E-state index contributed by atoms with van der Waals surface area (Å²) in [7, 11) is 0. The predicted octanol–water partition coefficient (Wildman–Crippen LogP) is 3.90. The molecule has 0 radical (unpaired) electrons. The first-order valence-corrected chi connectivity index (χ1v) is 10.8. The molecule has 1 aromatic carbocycles. The van der Waals surface area contributed by atoms with Crippen molar-refractivity contribution in [3.05, 3.63) is 30.2 Å². The Kier molecular flexibility index (Phi) is 6.30. The fourth-order valence-electron chi connectivity index (χ4n) is 4.28. The number of amides is 2. The van der Waals surface area contributed by atoms with Crippen molar-refractivity contribution in [3.63, 3.8) is 0 Å². The third kappa shape index (κ3) is 4.80. The maximum Gasteiger partial charge on any atom is 0.322 e. The number of aromatic nitrogens is 2. The summed E-state index contributed by atoms with van der Waals surface area (Å²) in [4.78, 5) is 26.4. The van der Waals surface area contributed by atoms with Crippen LogP contribution in [0.5, 0.6) is 5.75 Å². The van der Waals surface area contributed by atoms with E-state index in [1.165, 1.54) is 25.7 Å². The van der Waals surface area contributed by atoms with Crippen molar-refractivity contribution in [2.24, 2.45) is 5.92 Å². The van der Waals surface area contributed by atoms with Crippen molar-refractivity contribution < 1.29 is 18.7 Å². The van der Waals surface area contributed by atoms with E-state index in [9.17, 15) is 9.59 Å². The van der Waals surface area contributed by atoms with Gasteiger partial charge in [0.2, 0.25) is 17.7 Å². The van der Waals surface area contributed by atoms with Crippen LogP contribution in [-0.4, -0.2) is 35.2 Å². The first-order valence-electron chi connectivity index (χ1n) is 10.8. The van der Waals surface area contributed by atoms with Gasteiger partial charge in [-0.3, -0.25) is 14.9 Å². The Bertz CT molecular complexity index is 874. The fourth-order valence-corrected chi connectivity index (χ4v) is 4.28. The molecule has 0 unspecified atom stereocenters. The predicted molar refractivity (Wildman–Crippen MR) is 111 cm³/mol. The van der Waals surface area contributed by atoms with Gasteiger partial charge in [0.15, 0.2) is 0 Å². The van der Waals surface area contributed by atoms with Gasteiger partial charge < -0.3 is 14.1 Å². The van der Waals surface area contributed by atoms with Crippen LogP contribution < -0.4 is 15.0 Å². The summed E-state index contributed by atoms with van der Waals surface area (Å²) in [6.45, 7) is 2.99. The summed E-state index contributed by atoms with van der Waals surface area (Å²) in [6, 6.07) is 7.55. The van der Waals surface area contributed by atoms with E-state index in [1.807, 2.05) is 31.2 Å². The highest BCUT2D eigenvalue weighted by Crippen LogP contribution is 2.33. The van der Waals surface area contributed by atoms with Gasteiger partial charge in [-0.25, -0.2) is 0 Å². The van der Waals surface area contributed by atoms with Crippen LogP contribution in [0.3, 0.4) is 0 Å². The van der Waals surface area contributed by atoms with Crippen LogP contribution in [0.15, 0.2) is 28.7 Å². The van der Waals surface area contributed by atoms with E-state index in [0.717, 1.165) is 17.9 Å². The van der Waals surface area contributed by atoms with Crippen molar-refractivity contribution in [2.75, 3.05) is 23.4 Å². The Labute approximate surface area is 176 Å². The lowest BCUT2D eigenvalue weighted by molar-refractivity contribution is -0.117. The number of ether oxygens (including phenoxy) is 1. The van der Waals surface area contributed by atoms with Crippen LogP contribution in [0.4, 0.5) is 11.7 Å². The highest BCUT2D eigenvalue weighted by Gasteiger charge is 2.35. The van der Waals surface area contributed by atoms with Crippen molar-refractivity contribution in [3.8, 4) is 5.75 Å². The average Bonchev–Trinajstić information content (AvgIpc) is 3.48. The molecule has 1 saturated carbocycles. The minimum absolute atomic E-state index is 0.00418. The topological polar surface area (TPSA) is 97.6 Å². The minimum Gasteiger partial charge on any atom is -0.494 e. The first-order chi connectivity index (χ1) is 14.6. The van der Waals surface area contributed by atoms with E-state index in [4.69, 9.17) is 9.15 Å². The fraction of sp³-hybridized carbons (Fsp3) is 0.545. The molecule has 2 aromatic rings. The molecule has 0 bridgehead atoms. The monoisotopic (exact) mass is 412 g/mol. The van der Waals surface area contributed by atoms with Crippen molar-refractivity contribution in [1.29, 1.82) is 0 Å². The molecule has 30 heavy (non-hydrogen) atoms. The third-order valence-electron chi connectivity index (χ3n) is 5.88. The van der Waals surface area contributed by atoms with Crippen LogP contribution in [0.2, 0.25) is 0 Å². The lowest BCUT2D eigenvalue weighted by Gasteiger charge is -2.16. The lowest BCUT2D eigenvalue weighted by Crippen LogP contribution is -2.24. The molecule has 1 aliphatic carbocycles. The molecule has 1 aromatic heterocycles. The number of anilines is 2. The SMILES string of the molecule is CCOc1ccc(N2C[C@@H](c3nnc(NC(=O)CCC4CCCC4)o3)CC2=O)cc1. The number of carbonyl (C=O) groups is 2. The van der Waals surface area contributed by atoms with Crippen LogP contribution >= 0.6 is 0 Å². The van der Waals surface area contributed by atoms with Gasteiger partial charge in [0.25, 0.3) is 0 Å². The summed E-state index contributed by atoms with van der Waals surface area (Å²) in [6.07, 6.45) is 6.65.